The summed E-state index contributed by atoms with van der Waals surface area (Å²) in [6.07, 6.45) is 12.6. The molecule has 0 radical (unpaired) electrons. The van der Waals surface area contributed by atoms with Gasteiger partial charge >= 0.3 is 0 Å². The van der Waals surface area contributed by atoms with Gasteiger partial charge in [0.2, 0.25) is 0 Å². The van der Waals surface area contributed by atoms with Gasteiger partial charge in [0.25, 0.3) is 0 Å². The van der Waals surface area contributed by atoms with E-state index in [1.54, 1.807) is 0 Å². The maximum atomic E-state index is 3.93. The summed E-state index contributed by atoms with van der Waals surface area (Å²) in [7, 11) is 0. The van der Waals surface area contributed by atoms with Gasteiger partial charge in [0.1, 0.15) is 0 Å². The van der Waals surface area contributed by atoms with Gasteiger partial charge in [0.05, 0.1) is 0 Å². The maximum absolute atomic E-state index is 3.93. The van der Waals surface area contributed by atoms with Crippen LogP contribution in [0.4, 0.5) is 0 Å². The van der Waals surface area contributed by atoms with Crippen LogP contribution in [-0.2, 0) is 0 Å². The predicted molar refractivity (Wildman–Crippen MR) is 83.5 cm³/mol. The Morgan fingerprint density at radius 3 is 2.42 bits per heavy atom. The second kappa shape index (κ2) is 8.26. The van der Waals surface area contributed by atoms with E-state index in [9.17, 15) is 0 Å². The molecule has 2 N–H and O–H groups in total. The smallest absolute Gasteiger partial charge is 0.0110 e. The molecule has 3 atom stereocenters. The first kappa shape index (κ1) is 15.3. The summed E-state index contributed by atoms with van der Waals surface area (Å²) in [5, 5.41) is 7.73. The Bertz CT molecular complexity index is 231. The summed E-state index contributed by atoms with van der Waals surface area (Å²) >= 11 is 0. The lowest BCUT2D eigenvalue weighted by molar-refractivity contribution is 0.177. The van der Waals surface area contributed by atoms with Crippen LogP contribution in [0.25, 0.3) is 0 Å². The fraction of sp³-hybridized carbons (Fsp3) is 1.00. The minimum Gasteiger partial charge on any atom is -0.314 e. The highest BCUT2D eigenvalue weighted by Crippen LogP contribution is 2.30. The Kier molecular flexibility index (Phi) is 6.66. The molecule has 0 aromatic rings. The Balaban J connectivity index is 1.84. The van der Waals surface area contributed by atoms with Crippen molar-refractivity contribution < 1.29 is 0 Å². The maximum Gasteiger partial charge on any atom is 0.0110 e. The summed E-state index contributed by atoms with van der Waals surface area (Å²) < 4.78 is 0. The molecule has 1 aliphatic carbocycles. The lowest BCUT2D eigenvalue weighted by Crippen LogP contribution is -2.51. The van der Waals surface area contributed by atoms with Crippen molar-refractivity contribution in [2.75, 3.05) is 13.1 Å². The quantitative estimate of drug-likeness (QED) is 0.766. The van der Waals surface area contributed by atoms with Crippen LogP contribution in [0.5, 0.6) is 0 Å². The lowest BCUT2D eigenvalue weighted by atomic mass is 9.77. The number of hydrogen-bond acceptors (Lipinski definition) is 2. The van der Waals surface area contributed by atoms with Crippen LogP contribution in [0, 0.1) is 11.8 Å². The SMILES string of the molecule is CCC(CC)CNC1CCCCC1C1CCCCN1. The lowest BCUT2D eigenvalue weighted by Gasteiger charge is -2.40. The first-order valence-corrected chi connectivity index (χ1v) is 8.81. The summed E-state index contributed by atoms with van der Waals surface area (Å²) in [6.45, 7) is 7.15. The molecule has 1 aliphatic heterocycles. The average molecular weight is 266 g/mol. The molecule has 112 valence electrons. The van der Waals surface area contributed by atoms with E-state index >= 15 is 0 Å². The molecule has 1 saturated heterocycles. The highest BCUT2D eigenvalue weighted by Gasteiger charge is 2.32. The third kappa shape index (κ3) is 4.46. The highest BCUT2D eigenvalue weighted by molar-refractivity contribution is 4.90. The molecule has 2 fully saturated rings. The zero-order valence-corrected chi connectivity index (χ0v) is 13.1. The number of nitrogens with one attached hydrogen (secondary N) is 2. The van der Waals surface area contributed by atoms with E-state index in [-0.39, 0.29) is 0 Å². The molecule has 2 heteroatoms. The molecule has 19 heavy (non-hydrogen) atoms. The Morgan fingerprint density at radius 2 is 1.74 bits per heavy atom. The van der Waals surface area contributed by atoms with Gasteiger partial charge in [-0.2, -0.15) is 0 Å². The van der Waals surface area contributed by atoms with E-state index in [4.69, 9.17) is 0 Å². The van der Waals surface area contributed by atoms with E-state index in [1.807, 2.05) is 0 Å². The Morgan fingerprint density at radius 1 is 1.00 bits per heavy atom. The fourth-order valence-electron chi connectivity index (χ4n) is 4.03. The van der Waals surface area contributed by atoms with Gasteiger partial charge in [-0.3, -0.25) is 0 Å². The van der Waals surface area contributed by atoms with Gasteiger partial charge in [-0.25, -0.2) is 0 Å². The molecule has 0 spiro atoms. The Labute approximate surface area is 120 Å². The fourth-order valence-corrected chi connectivity index (χ4v) is 4.03. The van der Waals surface area contributed by atoms with Crippen molar-refractivity contribution in [3.63, 3.8) is 0 Å². The standard InChI is InChI=1S/C17H34N2/c1-3-14(4-2)13-19-17-10-6-5-9-15(17)16-11-7-8-12-18-16/h14-19H,3-13H2,1-2H3. The second-order valence-corrected chi connectivity index (χ2v) is 6.70. The first-order chi connectivity index (χ1) is 9.35. The zero-order valence-electron chi connectivity index (χ0n) is 13.1. The van der Waals surface area contributed by atoms with Gasteiger partial charge < -0.3 is 10.6 Å². The van der Waals surface area contributed by atoms with Crippen LogP contribution in [-0.4, -0.2) is 25.2 Å². The highest BCUT2D eigenvalue weighted by atomic mass is 15.0. The van der Waals surface area contributed by atoms with Gasteiger partial charge in [-0.05, 0) is 50.6 Å². The van der Waals surface area contributed by atoms with Gasteiger partial charge in [0, 0.05) is 12.1 Å². The number of rotatable bonds is 6. The van der Waals surface area contributed by atoms with Crippen molar-refractivity contribution in [2.24, 2.45) is 11.8 Å². The van der Waals surface area contributed by atoms with E-state index in [0.29, 0.717) is 0 Å². The van der Waals surface area contributed by atoms with Crippen molar-refractivity contribution in [3.8, 4) is 0 Å². The molecule has 2 rings (SSSR count). The second-order valence-electron chi connectivity index (χ2n) is 6.70. The molecule has 2 aliphatic rings. The molecule has 1 heterocycles. The molecule has 0 aromatic heterocycles. The van der Waals surface area contributed by atoms with Gasteiger partial charge in [-0.15, -0.1) is 0 Å². The molecule has 0 amide bonds. The van der Waals surface area contributed by atoms with Gasteiger partial charge in [-0.1, -0.05) is 46.0 Å². The van der Waals surface area contributed by atoms with E-state index in [2.05, 4.69) is 24.5 Å². The normalized spacial score (nSPS) is 32.7. The van der Waals surface area contributed by atoms with Gasteiger partial charge in [0.15, 0.2) is 0 Å². The van der Waals surface area contributed by atoms with Crippen LogP contribution >= 0.6 is 0 Å². The summed E-state index contributed by atoms with van der Waals surface area (Å²) in [6, 6.07) is 1.58. The summed E-state index contributed by atoms with van der Waals surface area (Å²) in [4.78, 5) is 0. The zero-order chi connectivity index (χ0) is 13.5. The number of hydrogen-bond donors (Lipinski definition) is 2. The van der Waals surface area contributed by atoms with Crippen LogP contribution in [0.1, 0.15) is 71.6 Å². The molecule has 1 saturated carbocycles. The minimum atomic E-state index is 0.782. The molecule has 3 unspecified atom stereocenters. The Hall–Kier alpha value is -0.0800. The van der Waals surface area contributed by atoms with E-state index in [1.165, 1.54) is 70.9 Å². The topological polar surface area (TPSA) is 24.1 Å². The molecular weight excluding hydrogens is 232 g/mol. The van der Waals surface area contributed by atoms with Crippen molar-refractivity contribution in [3.05, 3.63) is 0 Å². The summed E-state index contributed by atoms with van der Waals surface area (Å²) in [5.74, 6) is 1.77. The summed E-state index contributed by atoms with van der Waals surface area (Å²) in [5.41, 5.74) is 0. The van der Waals surface area contributed by atoms with Crippen LogP contribution in [0.15, 0.2) is 0 Å². The van der Waals surface area contributed by atoms with Crippen LogP contribution in [0.2, 0.25) is 0 Å². The van der Waals surface area contributed by atoms with Crippen LogP contribution < -0.4 is 10.6 Å². The number of piperidine rings is 1. The van der Waals surface area contributed by atoms with Crippen molar-refractivity contribution >= 4 is 0 Å². The van der Waals surface area contributed by atoms with Crippen molar-refractivity contribution in [1.29, 1.82) is 0 Å². The van der Waals surface area contributed by atoms with Crippen molar-refractivity contribution in [1.82, 2.24) is 10.6 Å². The third-order valence-corrected chi connectivity index (χ3v) is 5.51. The first-order valence-electron chi connectivity index (χ1n) is 8.81. The van der Waals surface area contributed by atoms with Crippen LogP contribution in [0.3, 0.4) is 0 Å². The molecule has 2 nitrogen and oxygen atoms in total. The minimum absolute atomic E-state index is 0.782. The monoisotopic (exact) mass is 266 g/mol. The molecule has 0 bridgehead atoms. The predicted octanol–water partition coefficient (Wildman–Crippen LogP) is 3.71. The average Bonchev–Trinajstić information content (AvgIpc) is 2.49. The van der Waals surface area contributed by atoms with E-state index in [0.717, 1.165) is 23.9 Å². The third-order valence-electron chi connectivity index (χ3n) is 5.51. The largest absolute Gasteiger partial charge is 0.314 e. The molecular formula is C17H34N2. The van der Waals surface area contributed by atoms with E-state index < -0.39 is 0 Å². The molecule has 0 aromatic carbocycles. The van der Waals surface area contributed by atoms with Crippen molar-refractivity contribution in [2.45, 2.75) is 83.7 Å².